The van der Waals surface area contributed by atoms with E-state index in [1.54, 1.807) is 24.3 Å². The number of nitrogens with one attached hydrogen (secondary N) is 1. The molecule has 8 heteroatoms. The Labute approximate surface area is 178 Å². The van der Waals surface area contributed by atoms with Gasteiger partial charge < -0.3 is 14.8 Å². The smallest absolute Gasteiger partial charge is 0.421 e. The average Bonchev–Trinajstić information content (AvgIpc) is 3.27. The minimum absolute atomic E-state index is 0.138. The molecule has 1 fully saturated rings. The minimum atomic E-state index is -4.61. The normalized spacial score (nSPS) is 14.4. The third-order valence-electron chi connectivity index (χ3n) is 5.00. The molecule has 0 radical (unpaired) electrons. The van der Waals surface area contributed by atoms with Crippen molar-refractivity contribution in [3.63, 3.8) is 0 Å². The number of anilines is 2. The van der Waals surface area contributed by atoms with Crippen LogP contribution in [0.2, 0.25) is 0 Å². The van der Waals surface area contributed by atoms with E-state index >= 15 is 0 Å². The maximum atomic E-state index is 13.4. The number of ether oxygens (including phenoxy) is 2. The summed E-state index contributed by atoms with van der Waals surface area (Å²) in [7, 11) is 0. The summed E-state index contributed by atoms with van der Waals surface area (Å²) in [6, 6.07) is 15.9. The van der Waals surface area contributed by atoms with Crippen LogP contribution in [0.4, 0.5) is 24.7 Å². The molecule has 0 amide bonds. The number of hydrogen-bond donors (Lipinski definition) is 1. The van der Waals surface area contributed by atoms with Crippen LogP contribution in [0.3, 0.4) is 0 Å². The first kappa shape index (κ1) is 21.0. The molecule has 0 atom stereocenters. The number of rotatable bonds is 7. The van der Waals surface area contributed by atoms with Gasteiger partial charge in [0.1, 0.15) is 23.7 Å². The second-order valence-corrected chi connectivity index (χ2v) is 7.36. The molecule has 1 heterocycles. The predicted octanol–water partition coefficient (Wildman–Crippen LogP) is 6.14. The highest BCUT2D eigenvalue weighted by atomic mass is 19.4. The van der Waals surface area contributed by atoms with Crippen LogP contribution >= 0.6 is 0 Å². The molecule has 5 nitrogen and oxygen atoms in total. The highest BCUT2D eigenvalue weighted by Gasteiger charge is 2.35. The zero-order valence-electron chi connectivity index (χ0n) is 16.7. The van der Waals surface area contributed by atoms with Gasteiger partial charge in [-0.2, -0.15) is 18.2 Å². The Morgan fingerprint density at radius 1 is 0.968 bits per heavy atom. The molecule has 1 N–H and O–H groups in total. The van der Waals surface area contributed by atoms with Crippen molar-refractivity contribution in [2.45, 2.75) is 44.6 Å². The summed E-state index contributed by atoms with van der Waals surface area (Å²) < 4.78 is 51.7. The lowest BCUT2D eigenvalue weighted by molar-refractivity contribution is -0.137. The van der Waals surface area contributed by atoms with Gasteiger partial charge in [0.2, 0.25) is 0 Å². The highest BCUT2D eigenvalue weighted by molar-refractivity contribution is 5.60. The fraction of sp³-hybridized carbons (Fsp3) is 0.304. The summed E-state index contributed by atoms with van der Waals surface area (Å²) in [5.41, 5.74) is 0.348. The number of benzene rings is 2. The van der Waals surface area contributed by atoms with E-state index in [0.717, 1.165) is 37.4 Å². The maximum Gasteiger partial charge on any atom is 0.421 e. The van der Waals surface area contributed by atoms with Crippen LogP contribution in [0.25, 0.3) is 0 Å². The number of halogens is 3. The molecule has 1 aliphatic carbocycles. The third-order valence-corrected chi connectivity index (χ3v) is 5.00. The molecule has 4 rings (SSSR count). The van der Waals surface area contributed by atoms with Gasteiger partial charge in [0, 0.05) is 11.9 Å². The van der Waals surface area contributed by atoms with Crippen molar-refractivity contribution in [2.24, 2.45) is 0 Å². The molecule has 1 saturated carbocycles. The van der Waals surface area contributed by atoms with Gasteiger partial charge in [-0.15, -0.1) is 0 Å². The van der Waals surface area contributed by atoms with Gasteiger partial charge in [-0.3, -0.25) is 0 Å². The summed E-state index contributed by atoms with van der Waals surface area (Å²) in [6.07, 6.45) is 0.712. The predicted molar refractivity (Wildman–Crippen MR) is 110 cm³/mol. The zero-order chi connectivity index (χ0) is 21.7. The highest BCUT2D eigenvalue weighted by Crippen LogP contribution is 2.35. The number of nitrogens with zero attached hydrogens (tertiary/aromatic N) is 2. The molecule has 0 spiro atoms. The zero-order valence-corrected chi connectivity index (χ0v) is 16.7. The van der Waals surface area contributed by atoms with Crippen molar-refractivity contribution in [1.29, 1.82) is 0 Å². The standard InChI is InChI=1S/C23H22F3N3O2/c24-23(25,26)20-14-27-22(30-15-16-6-2-1-3-7-16)29-21(20)28-17-10-12-19(13-11-17)31-18-8-4-5-9-18/h1-3,6-7,10-14,18H,4-5,8-9,15H2,(H,27,28,29). The van der Waals surface area contributed by atoms with Gasteiger partial charge in [0.15, 0.2) is 0 Å². The molecule has 3 aromatic rings. The fourth-order valence-corrected chi connectivity index (χ4v) is 3.41. The van der Waals surface area contributed by atoms with E-state index in [0.29, 0.717) is 11.4 Å². The molecular formula is C23H22F3N3O2. The Morgan fingerprint density at radius 2 is 1.68 bits per heavy atom. The average molecular weight is 429 g/mol. The van der Waals surface area contributed by atoms with Crippen LogP contribution in [0.15, 0.2) is 60.8 Å². The van der Waals surface area contributed by atoms with Crippen LogP contribution < -0.4 is 14.8 Å². The Bertz CT molecular complexity index is 989. The first-order chi connectivity index (χ1) is 15.0. The van der Waals surface area contributed by atoms with Crippen LogP contribution in [-0.4, -0.2) is 16.1 Å². The van der Waals surface area contributed by atoms with E-state index < -0.39 is 11.7 Å². The van der Waals surface area contributed by atoms with E-state index in [-0.39, 0.29) is 24.5 Å². The second kappa shape index (κ2) is 9.24. The third kappa shape index (κ3) is 5.65. The van der Waals surface area contributed by atoms with Gasteiger partial charge in [-0.05, 0) is 55.5 Å². The molecule has 0 aliphatic heterocycles. The summed E-state index contributed by atoms with van der Waals surface area (Å²) in [5, 5.41) is 2.73. The Morgan fingerprint density at radius 3 is 2.35 bits per heavy atom. The van der Waals surface area contributed by atoms with Gasteiger partial charge in [0.25, 0.3) is 0 Å². The van der Waals surface area contributed by atoms with Crippen molar-refractivity contribution < 1.29 is 22.6 Å². The van der Waals surface area contributed by atoms with Crippen molar-refractivity contribution in [3.8, 4) is 11.8 Å². The number of hydrogen-bond acceptors (Lipinski definition) is 5. The quantitative estimate of drug-likeness (QED) is 0.489. The molecular weight excluding hydrogens is 407 g/mol. The SMILES string of the molecule is FC(F)(F)c1cnc(OCc2ccccc2)nc1Nc1ccc(OC2CCCC2)cc1. The van der Waals surface area contributed by atoms with Crippen LogP contribution in [0.1, 0.15) is 36.8 Å². The Balaban J connectivity index is 1.49. The largest absolute Gasteiger partial charge is 0.490 e. The maximum absolute atomic E-state index is 13.4. The van der Waals surface area contributed by atoms with Gasteiger partial charge in [-0.25, -0.2) is 4.98 Å². The molecule has 31 heavy (non-hydrogen) atoms. The van der Waals surface area contributed by atoms with Gasteiger partial charge in [0.05, 0.1) is 6.10 Å². The summed E-state index contributed by atoms with van der Waals surface area (Å²) in [5.74, 6) is 0.332. The van der Waals surface area contributed by atoms with Crippen molar-refractivity contribution >= 4 is 11.5 Å². The van der Waals surface area contributed by atoms with Crippen LogP contribution in [-0.2, 0) is 12.8 Å². The molecule has 0 unspecified atom stereocenters. The monoisotopic (exact) mass is 429 g/mol. The summed E-state index contributed by atoms with van der Waals surface area (Å²) in [6.45, 7) is 0.152. The number of alkyl halides is 3. The molecule has 0 saturated heterocycles. The van der Waals surface area contributed by atoms with E-state index in [9.17, 15) is 13.2 Å². The molecule has 162 valence electrons. The molecule has 1 aliphatic rings. The van der Waals surface area contributed by atoms with Gasteiger partial charge in [-0.1, -0.05) is 30.3 Å². The van der Waals surface area contributed by atoms with E-state index in [1.807, 2.05) is 30.3 Å². The lowest BCUT2D eigenvalue weighted by Gasteiger charge is -2.16. The number of aromatic nitrogens is 2. The van der Waals surface area contributed by atoms with Crippen LogP contribution in [0, 0.1) is 0 Å². The molecule has 1 aromatic heterocycles. The lowest BCUT2D eigenvalue weighted by atomic mass is 10.2. The van der Waals surface area contributed by atoms with Crippen molar-refractivity contribution in [1.82, 2.24) is 9.97 Å². The Kier molecular flexibility index (Phi) is 6.25. The minimum Gasteiger partial charge on any atom is -0.490 e. The van der Waals surface area contributed by atoms with Crippen molar-refractivity contribution in [2.75, 3.05) is 5.32 Å². The topological polar surface area (TPSA) is 56.3 Å². The second-order valence-electron chi connectivity index (χ2n) is 7.36. The molecule has 2 aromatic carbocycles. The van der Waals surface area contributed by atoms with Crippen molar-refractivity contribution in [3.05, 3.63) is 71.9 Å². The Hall–Kier alpha value is -3.29. The first-order valence-corrected chi connectivity index (χ1v) is 10.1. The van der Waals surface area contributed by atoms with E-state index in [1.165, 1.54) is 0 Å². The summed E-state index contributed by atoms with van der Waals surface area (Å²) in [4.78, 5) is 7.68. The molecule has 0 bridgehead atoms. The van der Waals surface area contributed by atoms with E-state index in [4.69, 9.17) is 9.47 Å². The van der Waals surface area contributed by atoms with Crippen LogP contribution in [0.5, 0.6) is 11.8 Å². The lowest BCUT2D eigenvalue weighted by Crippen LogP contribution is -2.13. The summed E-state index contributed by atoms with van der Waals surface area (Å²) >= 11 is 0. The fourth-order valence-electron chi connectivity index (χ4n) is 3.41. The first-order valence-electron chi connectivity index (χ1n) is 10.1. The van der Waals surface area contributed by atoms with E-state index in [2.05, 4.69) is 15.3 Å². The van der Waals surface area contributed by atoms with Gasteiger partial charge >= 0.3 is 12.2 Å².